The van der Waals surface area contributed by atoms with Crippen molar-refractivity contribution in [2.75, 3.05) is 19.8 Å². The van der Waals surface area contributed by atoms with Gasteiger partial charge in [0.15, 0.2) is 0 Å². The van der Waals surface area contributed by atoms with Crippen LogP contribution in [-0.2, 0) is 4.74 Å². The fraction of sp³-hybridized carbons (Fsp3) is 0.500. The molecule has 1 unspecified atom stereocenters. The van der Waals surface area contributed by atoms with Gasteiger partial charge in [-0.25, -0.2) is 4.39 Å². The highest BCUT2D eigenvalue weighted by atomic mass is 19.1. The van der Waals surface area contributed by atoms with Crippen molar-refractivity contribution in [1.29, 1.82) is 0 Å². The first kappa shape index (κ1) is 12.1. The van der Waals surface area contributed by atoms with Crippen LogP contribution in [0.4, 0.5) is 4.39 Å². The van der Waals surface area contributed by atoms with Crippen molar-refractivity contribution in [3.63, 3.8) is 0 Å². The van der Waals surface area contributed by atoms with E-state index in [4.69, 9.17) is 4.74 Å². The van der Waals surface area contributed by atoms with Crippen molar-refractivity contribution in [2.45, 2.75) is 19.9 Å². The molecule has 0 saturated carbocycles. The van der Waals surface area contributed by atoms with E-state index < -0.39 is 0 Å². The standard InChI is InChI=1S/C12H18FNO/c1-3-15-9-8-14-10(2)11-4-6-12(13)7-5-11/h4-7,10,14H,3,8-9H2,1-2H3. The lowest BCUT2D eigenvalue weighted by atomic mass is 10.1. The van der Waals surface area contributed by atoms with Gasteiger partial charge in [0.1, 0.15) is 5.82 Å². The Bertz CT molecular complexity index is 273. The van der Waals surface area contributed by atoms with E-state index in [0.717, 1.165) is 18.7 Å². The third-order valence-corrected chi connectivity index (χ3v) is 2.27. The average molecular weight is 211 g/mol. The van der Waals surface area contributed by atoms with Crippen LogP contribution in [0, 0.1) is 5.82 Å². The van der Waals surface area contributed by atoms with Crippen LogP contribution in [0.1, 0.15) is 25.5 Å². The van der Waals surface area contributed by atoms with Crippen LogP contribution >= 0.6 is 0 Å². The van der Waals surface area contributed by atoms with Gasteiger partial charge in [-0.1, -0.05) is 12.1 Å². The Hall–Kier alpha value is -0.930. The Kier molecular flexibility index (Phi) is 5.29. The van der Waals surface area contributed by atoms with Crippen molar-refractivity contribution in [2.24, 2.45) is 0 Å². The molecule has 0 saturated heterocycles. The van der Waals surface area contributed by atoms with Crippen LogP contribution in [0.2, 0.25) is 0 Å². The molecule has 1 aromatic rings. The van der Waals surface area contributed by atoms with Crippen LogP contribution in [0.3, 0.4) is 0 Å². The van der Waals surface area contributed by atoms with Crippen molar-refractivity contribution >= 4 is 0 Å². The number of nitrogens with one attached hydrogen (secondary N) is 1. The van der Waals surface area contributed by atoms with Crippen LogP contribution in [0.5, 0.6) is 0 Å². The molecule has 0 spiro atoms. The summed E-state index contributed by atoms with van der Waals surface area (Å²) in [4.78, 5) is 0. The van der Waals surface area contributed by atoms with E-state index in [1.807, 2.05) is 6.92 Å². The van der Waals surface area contributed by atoms with E-state index in [1.165, 1.54) is 12.1 Å². The van der Waals surface area contributed by atoms with Gasteiger partial charge in [-0.15, -0.1) is 0 Å². The summed E-state index contributed by atoms with van der Waals surface area (Å²) in [5.74, 6) is -0.194. The SMILES string of the molecule is CCOCCNC(C)c1ccc(F)cc1. The molecule has 0 radical (unpaired) electrons. The lowest BCUT2D eigenvalue weighted by Gasteiger charge is -2.13. The summed E-state index contributed by atoms with van der Waals surface area (Å²) >= 11 is 0. The summed E-state index contributed by atoms with van der Waals surface area (Å²) in [5.41, 5.74) is 1.09. The molecule has 15 heavy (non-hydrogen) atoms. The van der Waals surface area contributed by atoms with Gasteiger partial charge in [0, 0.05) is 19.2 Å². The van der Waals surface area contributed by atoms with Gasteiger partial charge in [-0.3, -0.25) is 0 Å². The molecule has 0 heterocycles. The van der Waals surface area contributed by atoms with Gasteiger partial charge < -0.3 is 10.1 Å². The largest absolute Gasteiger partial charge is 0.380 e. The van der Waals surface area contributed by atoms with Crippen LogP contribution < -0.4 is 5.32 Å². The molecule has 2 nitrogen and oxygen atoms in total. The zero-order valence-electron chi connectivity index (χ0n) is 9.29. The minimum atomic E-state index is -0.194. The first-order valence-electron chi connectivity index (χ1n) is 5.30. The molecule has 1 aromatic carbocycles. The predicted octanol–water partition coefficient (Wildman–Crippen LogP) is 2.51. The molecule has 0 aliphatic rings. The summed E-state index contributed by atoms with van der Waals surface area (Å²) < 4.78 is 17.9. The van der Waals surface area contributed by atoms with Crippen molar-refractivity contribution in [1.82, 2.24) is 5.32 Å². The van der Waals surface area contributed by atoms with E-state index in [-0.39, 0.29) is 11.9 Å². The molecule has 0 amide bonds. The minimum Gasteiger partial charge on any atom is -0.380 e. The normalized spacial score (nSPS) is 12.7. The average Bonchev–Trinajstić information content (AvgIpc) is 2.25. The minimum absolute atomic E-state index is 0.194. The Labute approximate surface area is 90.4 Å². The fourth-order valence-electron chi connectivity index (χ4n) is 1.36. The monoisotopic (exact) mass is 211 g/mol. The zero-order valence-corrected chi connectivity index (χ0v) is 9.29. The number of rotatable bonds is 6. The third kappa shape index (κ3) is 4.40. The van der Waals surface area contributed by atoms with Crippen molar-refractivity contribution < 1.29 is 9.13 Å². The highest BCUT2D eigenvalue weighted by molar-refractivity contribution is 5.19. The van der Waals surface area contributed by atoms with E-state index in [1.54, 1.807) is 12.1 Å². The molecule has 0 bridgehead atoms. The molecule has 1 rings (SSSR count). The van der Waals surface area contributed by atoms with E-state index in [0.29, 0.717) is 6.61 Å². The summed E-state index contributed by atoms with van der Waals surface area (Å²) in [6.07, 6.45) is 0. The van der Waals surface area contributed by atoms with Gasteiger partial charge in [0.05, 0.1) is 6.61 Å². The summed E-state index contributed by atoms with van der Waals surface area (Å²) in [5, 5.41) is 3.31. The Balaban J connectivity index is 2.33. The highest BCUT2D eigenvalue weighted by Gasteiger charge is 2.03. The second-order valence-electron chi connectivity index (χ2n) is 3.42. The maximum atomic E-state index is 12.7. The van der Waals surface area contributed by atoms with Gasteiger partial charge >= 0.3 is 0 Å². The second kappa shape index (κ2) is 6.53. The Morgan fingerprint density at radius 3 is 2.60 bits per heavy atom. The third-order valence-electron chi connectivity index (χ3n) is 2.27. The quantitative estimate of drug-likeness (QED) is 0.730. The molecular formula is C12H18FNO. The molecule has 1 N–H and O–H groups in total. The lowest BCUT2D eigenvalue weighted by molar-refractivity contribution is 0.147. The van der Waals surface area contributed by atoms with Crippen LogP contribution in [0.25, 0.3) is 0 Å². The molecule has 0 fully saturated rings. The number of halogens is 1. The second-order valence-corrected chi connectivity index (χ2v) is 3.42. The first-order valence-corrected chi connectivity index (χ1v) is 5.30. The first-order chi connectivity index (χ1) is 7.24. The molecule has 0 aliphatic carbocycles. The number of hydrogen-bond acceptors (Lipinski definition) is 2. The van der Waals surface area contributed by atoms with Crippen LogP contribution in [-0.4, -0.2) is 19.8 Å². The maximum absolute atomic E-state index is 12.7. The van der Waals surface area contributed by atoms with E-state index >= 15 is 0 Å². The lowest BCUT2D eigenvalue weighted by Crippen LogP contribution is -2.23. The molecular weight excluding hydrogens is 193 g/mol. The molecule has 0 aromatic heterocycles. The van der Waals surface area contributed by atoms with Gasteiger partial charge in [-0.2, -0.15) is 0 Å². The smallest absolute Gasteiger partial charge is 0.123 e. The topological polar surface area (TPSA) is 21.3 Å². The molecule has 3 heteroatoms. The Morgan fingerprint density at radius 1 is 1.33 bits per heavy atom. The van der Waals surface area contributed by atoms with Gasteiger partial charge in [0.2, 0.25) is 0 Å². The molecule has 1 atom stereocenters. The Morgan fingerprint density at radius 2 is 2.00 bits per heavy atom. The van der Waals surface area contributed by atoms with Gasteiger partial charge in [-0.05, 0) is 31.5 Å². The highest BCUT2D eigenvalue weighted by Crippen LogP contribution is 2.12. The molecule has 0 aliphatic heterocycles. The summed E-state index contributed by atoms with van der Waals surface area (Å²) in [7, 11) is 0. The van der Waals surface area contributed by atoms with Crippen molar-refractivity contribution in [3.05, 3.63) is 35.6 Å². The summed E-state index contributed by atoms with van der Waals surface area (Å²) in [6.45, 7) is 6.30. The molecule has 84 valence electrons. The van der Waals surface area contributed by atoms with Crippen molar-refractivity contribution in [3.8, 4) is 0 Å². The number of benzene rings is 1. The zero-order chi connectivity index (χ0) is 11.1. The number of ether oxygens (including phenoxy) is 1. The van der Waals surface area contributed by atoms with Gasteiger partial charge in [0.25, 0.3) is 0 Å². The van der Waals surface area contributed by atoms with E-state index in [2.05, 4.69) is 12.2 Å². The summed E-state index contributed by atoms with van der Waals surface area (Å²) in [6, 6.07) is 6.79. The number of hydrogen-bond donors (Lipinski definition) is 1. The predicted molar refractivity (Wildman–Crippen MR) is 59.3 cm³/mol. The van der Waals surface area contributed by atoms with Crippen LogP contribution in [0.15, 0.2) is 24.3 Å². The maximum Gasteiger partial charge on any atom is 0.123 e. The fourth-order valence-corrected chi connectivity index (χ4v) is 1.36. The van der Waals surface area contributed by atoms with E-state index in [9.17, 15) is 4.39 Å².